The highest BCUT2D eigenvalue weighted by atomic mass is 16.5. The van der Waals surface area contributed by atoms with Crippen molar-refractivity contribution in [3.8, 4) is 17.3 Å². The Morgan fingerprint density at radius 3 is 2.93 bits per heavy atom. The van der Waals surface area contributed by atoms with Crippen molar-refractivity contribution < 1.29 is 9.53 Å². The summed E-state index contributed by atoms with van der Waals surface area (Å²) in [5.41, 5.74) is 1.09. The first-order valence-corrected chi connectivity index (χ1v) is 8.86. The summed E-state index contributed by atoms with van der Waals surface area (Å²) in [7, 11) is 1.49. The van der Waals surface area contributed by atoms with E-state index in [0.29, 0.717) is 36.1 Å². The molecule has 4 heterocycles. The standard InChI is InChI=1S/C19H18N6O3/c1-28-16-6-2-4-14(22-16)19(27)24-13-5-3-9-25-17(26)10-15(23-18(13)25)12-7-8-20-11-21-12/h2,4,6-8,10-11,13H,3,5,9H2,1H3,(H,24,27). The molecular weight excluding hydrogens is 360 g/mol. The zero-order valence-corrected chi connectivity index (χ0v) is 15.2. The molecule has 3 aromatic rings. The lowest BCUT2D eigenvalue weighted by molar-refractivity contribution is 0.0921. The molecule has 1 aliphatic rings. The molecule has 9 nitrogen and oxygen atoms in total. The second-order valence-corrected chi connectivity index (χ2v) is 6.32. The fourth-order valence-electron chi connectivity index (χ4n) is 3.19. The van der Waals surface area contributed by atoms with E-state index in [2.05, 4.69) is 25.3 Å². The van der Waals surface area contributed by atoms with Gasteiger partial charge >= 0.3 is 0 Å². The molecule has 0 saturated heterocycles. The van der Waals surface area contributed by atoms with Crippen LogP contribution in [0.5, 0.6) is 5.88 Å². The molecule has 0 radical (unpaired) electrons. The van der Waals surface area contributed by atoms with Crippen molar-refractivity contribution in [1.29, 1.82) is 0 Å². The number of pyridine rings is 1. The molecule has 0 spiro atoms. The van der Waals surface area contributed by atoms with Crippen molar-refractivity contribution in [2.45, 2.75) is 25.4 Å². The number of amides is 1. The Kier molecular flexibility index (Phi) is 4.79. The van der Waals surface area contributed by atoms with E-state index in [9.17, 15) is 9.59 Å². The fraction of sp³-hybridized carbons (Fsp3) is 0.263. The minimum atomic E-state index is -0.399. The van der Waals surface area contributed by atoms with Crippen molar-refractivity contribution in [1.82, 2.24) is 29.8 Å². The Labute approximate surface area is 160 Å². The molecule has 1 N–H and O–H groups in total. The second-order valence-electron chi connectivity index (χ2n) is 6.32. The molecule has 0 saturated carbocycles. The van der Waals surface area contributed by atoms with Crippen LogP contribution in [0.2, 0.25) is 0 Å². The van der Waals surface area contributed by atoms with E-state index in [1.807, 2.05) is 0 Å². The van der Waals surface area contributed by atoms with Gasteiger partial charge in [-0.05, 0) is 25.0 Å². The molecule has 0 aromatic carbocycles. The van der Waals surface area contributed by atoms with Gasteiger partial charge in [0.25, 0.3) is 11.5 Å². The first-order chi connectivity index (χ1) is 13.7. The molecule has 28 heavy (non-hydrogen) atoms. The van der Waals surface area contributed by atoms with Crippen molar-refractivity contribution in [2.75, 3.05) is 7.11 Å². The minimum absolute atomic E-state index is 0.169. The molecule has 1 atom stereocenters. The molecule has 0 fully saturated rings. The van der Waals surface area contributed by atoms with Gasteiger partial charge in [0.05, 0.1) is 24.5 Å². The summed E-state index contributed by atoms with van der Waals surface area (Å²) in [6.45, 7) is 0.564. The van der Waals surface area contributed by atoms with E-state index in [0.717, 1.165) is 6.42 Å². The predicted molar refractivity (Wildman–Crippen MR) is 99.8 cm³/mol. The number of ether oxygens (including phenoxy) is 1. The van der Waals surface area contributed by atoms with E-state index < -0.39 is 6.04 Å². The molecular formula is C19H18N6O3. The molecule has 9 heteroatoms. The quantitative estimate of drug-likeness (QED) is 0.730. The summed E-state index contributed by atoms with van der Waals surface area (Å²) in [5.74, 6) is 0.528. The van der Waals surface area contributed by atoms with E-state index in [-0.39, 0.29) is 17.2 Å². The van der Waals surface area contributed by atoms with Gasteiger partial charge in [-0.3, -0.25) is 14.2 Å². The Hall–Kier alpha value is -3.62. The van der Waals surface area contributed by atoms with Crippen molar-refractivity contribution in [3.63, 3.8) is 0 Å². The van der Waals surface area contributed by atoms with Crippen molar-refractivity contribution in [3.05, 3.63) is 64.7 Å². The Morgan fingerprint density at radius 2 is 2.14 bits per heavy atom. The van der Waals surface area contributed by atoms with Crippen LogP contribution >= 0.6 is 0 Å². The van der Waals surface area contributed by atoms with Crippen LogP contribution in [0.15, 0.2) is 47.7 Å². The van der Waals surface area contributed by atoms with E-state index in [1.54, 1.807) is 35.0 Å². The lowest BCUT2D eigenvalue weighted by atomic mass is 10.1. The highest BCUT2D eigenvalue weighted by molar-refractivity contribution is 5.92. The number of methoxy groups -OCH3 is 1. The smallest absolute Gasteiger partial charge is 0.270 e. The highest BCUT2D eigenvalue weighted by Crippen LogP contribution is 2.24. The van der Waals surface area contributed by atoms with E-state index in [1.165, 1.54) is 19.5 Å². The normalized spacial score (nSPS) is 15.5. The minimum Gasteiger partial charge on any atom is -0.481 e. The predicted octanol–water partition coefficient (Wildman–Crippen LogP) is 1.37. The van der Waals surface area contributed by atoms with Crippen LogP contribution in [-0.2, 0) is 6.54 Å². The van der Waals surface area contributed by atoms with Crippen LogP contribution in [-0.4, -0.2) is 37.5 Å². The molecule has 1 amide bonds. The van der Waals surface area contributed by atoms with Crippen LogP contribution in [0, 0.1) is 0 Å². The van der Waals surface area contributed by atoms with Gasteiger partial charge in [0.15, 0.2) is 0 Å². The van der Waals surface area contributed by atoms with Gasteiger partial charge < -0.3 is 10.1 Å². The molecule has 1 unspecified atom stereocenters. The second kappa shape index (κ2) is 7.55. The monoisotopic (exact) mass is 378 g/mol. The van der Waals surface area contributed by atoms with Crippen LogP contribution in [0.3, 0.4) is 0 Å². The number of carbonyl (C=O) groups excluding carboxylic acids is 1. The summed E-state index contributed by atoms with van der Waals surface area (Å²) < 4.78 is 6.67. The largest absolute Gasteiger partial charge is 0.481 e. The summed E-state index contributed by atoms with van der Waals surface area (Å²) >= 11 is 0. The van der Waals surface area contributed by atoms with Crippen molar-refractivity contribution in [2.24, 2.45) is 0 Å². The molecule has 1 aliphatic heterocycles. The first kappa shape index (κ1) is 17.8. The number of fused-ring (bicyclic) bond motifs is 1. The molecule has 3 aromatic heterocycles. The highest BCUT2D eigenvalue weighted by Gasteiger charge is 2.26. The number of hydrogen-bond acceptors (Lipinski definition) is 7. The summed E-state index contributed by atoms with van der Waals surface area (Å²) in [6, 6.07) is 7.73. The third kappa shape index (κ3) is 3.46. The zero-order chi connectivity index (χ0) is 19.5. The summed E-state index contributed by atoms with van der Waals surface area (Å²) in [4.78, 5) is 42.1. The molecule has 0 bridgehead atoms. The molecule has 142 valence electrons. The number of rotatable bonds is 4. The van der Waals surface area contributed by atoms with Gasteiger partial charge in [-0.25, -0.2) is 19.9 Å². The summed E-state index contributed by atoms with van der Waals surface area (Å²) in [5, 5.41) is 2.94. The van der Waals surface area contributed by atoms with Gasteiger partial charge in [-0.15, -0.1) is 0 Å². The topological polar surface area (TPSA) is 112 Å². The molecule has 4 rings (SSSR count). The zero-order valence-electron chi connectivity index (χ0n) is 15.2. The third-order valence-electron chi connectivity index (χ3n) is 4.54. The third-order valence-corrected chi connectivity index (χ3v) is 4.54. The van der Waals surface area contributed by atoms with Crippen molar-refractivity contribution >= 4 is 5.91 Å². The first-order valence-electron chi connectivity index (χ1n) is 8.86. The van der Waals surface area contributed by atoms with Crippen LogP contribution in [0.25, 0.3) is 11.4 Å². The van der Waals surface area contributed by atoms with Crippen LogP contribution in [0.4, 0.5) is 0 Å². The average Bonchev–Trinajstić information content (AvgIpc) is 2.75. The molecule has 0 aliphatic carbocycles. The van der Waals surface area contributed by atoms with Gasteiger partial charge in [-0.2, -0.15) is 0 Å². The average molecular weight is 378 g/mol. The Morgan fingerprint density at radius 1 is 1.25 bits per heavy atom. The van der Waals surface area contributed by atoms with Crippen LogP contribution in [0.1, 0.15) is 35.2 Å². The van der Waals surface area contributed by atoms with Crippen LogP contribution < -0.4 is 15.6 Å². The maximum absolute atomic E-state index is 12.7. The SMILES string of the molecule is COc1cccc(C(=O)NC2CCCn3c2nc(-c2ccncn2)cc3=O)n1. The number of aromatic nitrogens is 5. The summed E-state index contributed by atoms with van der Waals surface area (Å²) in [6.07, 6.45) is 4.43. The maximum Gasteiger partial charge on any atom is 0.270 e. The number of hydrogen-bond donors (Lipinski definition) is 1. The lowest BCUT2D eigenvalue weighted by Crippen LogP contribution is -2.38. The number of nitrogens with one attached hydrogen (secondary N) is 1. The number of nitrogens with zero attached hydrogens (tertiary/aromatic N) is 5. The van der Waals surface area contributed by atoms with Gasteiger partial charge in [0, 0.05) is 24.9 Å². The van der Waals surface area contributed by atoms with Gasteiger partial charge in [-0.1, -0.05) is 6.07 Å². The maximum atomic E-state index is 12.7. The van der Waals surface area contributed by atoms with E-state index >= 15 is 0 Å². The van der Waals surface area contributed by atoms with E-state index in [4.69, 9.17) is 4.74 Å². The fourth-order valence-corrected chi connectivity index (χ4v) is 3.19. The number of carbonyl (C=O) groups is 1. The Balaban J connectivity index is 1.67. The Bertz CT molecular complexity index is 1070. The van der Waals surface area contributed by atoms with Gasteiger partial charge in [0.1, 0.15) is 17.8 Å². The van der Waals surface area contributed by atoms with Gasteiger partial charge in [0.2, 0.25) is 5.88 Å². The lowest BCUT2D eigenvalue weighted by Gasteiger charge is -2.26.